The Balaban J connectivity index is 2.06. The molecule has 1 aliphatic carbocycles. The average molecular weight is 222 g/mol. The summed E-state index contributed by atoms with van der Waals surface area (Å²) in [5.74, 6) is 0.652. The first-order valence-corrected chi connectivity index (χ1v) is 6.30. The van der Waals surface area contributed by atoms with Gasteiger partial charge >= 0.3 is 0 Å². The van der Waals surface area contributed by atoms with E-state index in [1.54, 1.807) is 11.3 Å². The molecule has 0 amide bonds. The summed E-state index contributed by atoms with van der Waals surface area (Å²) in [7, 11) is 0. The number of carbonyl (C=O) groups is 1. The van der Waals surface area contributed by atoms with Crippen LogP contribution in [0.25, 0.3) is 0 Å². The van der Waals surface area contributed by atoms with Gasteiger partial charge in [-0.1, -0.05) is 33.8 Å². The molecule has 1 nitrogen and oxygen atoms in total. The van der Waals surface area contributed by atoms with E-state index in [2.05, 4.69) is 27.7 Å². The molecule has 15 heavy (non-hydrogen) atoms. The molecule has 0 spiro atoms. The van der Waals surface area contributed by atoms with Gasteiger partial charge in [0.2, 0.25) is 0 Å². The zero-order valence-electron chi connectivity index (χ0n) is 9.83. The quantitative estimate of drug-likeness (QED) is 0.764. The molecule has 1 fully saturated rings. The summed E-state index contributed by atoms with van der Waals surface area (Å²) in [5, 5.41) is 2.03. The predicted octanol–water partition coefficient (Wildman–Crippen LogP) is 3.54. The maximum absolute atomic E-state index is 12.1. The van der Waals surface area contributed by atoms with Gasteiger partial charge in [-0.2, -0.15) is 0 Å². The van der Waals surface area contributed by atoms with Crippen molar-refractivity contribution in [2.75, 3.05) is 0 Å². The van der Waals surface area contributed by atoms with Crippen LogP contribution in [0, 0.1) is 16.7 Å². The van der Waals surface area contributed by atoms with Gasteiger partial charge in [0.15, 0.2) is 0 Å². The minimum atomic E-state index is 0.182. The number of hydrogen-bond acceptors (Lipinski definition) is 2. The third-order valence-corrected chi connectivity index (χ3v) is 5.15. The largest absolute Gasteiger partial charge is 0.299 e. The second kappa shape index (κ2) is 3.18. The highest BCUT2D eigenvalue weighted by atomic mass is 32.1. The molecule has 0 atom stereocenters. The van der Waals surface area contributed by atoms with Gasteiger partial charge in [0.1, 0.15) is 5.78 Å². The molecule has 0 saturated heterocycles. The van der Waals surface area contributed by atoms with Gasteiger partial charge in [-0.3, -0.25) is 4.79 Å². The van der Waals surface area contributed by atoms with Crippen LogP contribution in [0.2, 0.25) is 0 Å². The molecular formula is C13H18OS. The monoisotopic (exact) mass is 222 g/mol. The highest BCUT2D eigenvalue weighted by Crippen LogP contribution is 2.68. The van der Waals surface area contributed by atoms with E-state index in [9.17, 15) is 4.79 Å². The summed E-state index contributed by atoms with van der Waals surface area (Å²) >= 11 is 1.68. The van der Waals surface area contributed by atoms with Crippen LogP contribution in [0.15, 0.2) is 17.5 Å². The van der Waals surface area contributed by atoms with Crippen molar-refractivity contribution < 1.29 is 4.79 Å². The van der Waals surface area contributed by atoms with Gasteiger partial charge in [-0.05, 0) is 22.3 Å². The van der Waals surface area contributed by atoms with Crippen molar-refractivity contribution in [3.63, 3.8) is 0 Å². The summed E-state index contributed by atoms with van der Waals surface area (Å²) in [5.41, 5.74) is 0.364. The molecule has 0 unspecified atom stereocenters. The van der Waals surface area contributed by atoms with Crippen molar-refractivity contribution in [2.45, 2.75) is 34.1 Å². The molecule has 1 heterocycles. The zero-order chi connectivity index (χ0) is 11.3. The van der Waals surface area contributed by atoms with E-state index in [0.717, 1.165) is 0 Å². The first-order valence-electron chi connectivity index (χ1n) is 5.42. The van der Waals surface area contributed by atoms with Crippen molar-refractivity contribution in [1.29, 1.82) is 0 Å². The molecule has 1 aromatic rings. The topological polar surface area (TPSA) is 17.1 Å². The fourth-order valence-electron chi connectivity index (χ4n) is 2.69. The molecule has 0 N–H and O–H groups in total. The normalized spacial score (nSPS) is 22.7. The highest BCUT2D eigenvalue weighted by molar-refractivity contribution is 7.10. The van der Waals surface area contributed by atoms with E-state index >= 15 is 0 Å². The Morgan fingerprint density at radius 3 is 2.33 bits per heavy atom. The maximum Gasteiger partial charge on any atom is 0.142 e. The van der Waals surface area contributed by atoms with E-state index in [0.29, 0.717) is 12.2 Å². The van der Waals surface area contributed by atoms with E-state index in [4.69, 9.17) is 0 Å². The van der Waals surface area contributed by atoms with E-state index in [-0.39, 0.29) is 16.7 Å². The van der Waals surface area contributed by atoms with Crippen molar-refractivity contribution >= 4 is 17.1 Å². The van der Waals surface area contributed by atoms with Crippen molar-refractivity contribution in [2.24, 2.45) is 16.7 Å². The lowest BCUT2D eigenvalue weighted by atomic mass is 10.0. The first kappa shape index (κ1) is 10.9. The van der Waals surface area contributed by atoms with Crippen molar-refractivity contribution in [1.82, 2.24) is 0 Å². The molecule has 1 aromatic heterocycles. The lowest BCUT2D eigenvalue weighted by Gasteiger charge is -2.03. The van der Waals surface area contributed by atoms with E-state index in [1.807, 2.05) is 17.5 Å². The number of thiophene rings is 1. The van der Waals surface area contributed by atoms with E-state index < -0.39 is 0 Å². The molecule has 0 aliphatic heterocycles. The number of hydrogen-bond donors (Lipinski definition) is 0. The van der Waals surface area contributed by atoms with Crippen LogP contribution in [0.1, 0.15) is 32.6 Å². The SMILES string of the molecule is CC1(C)C(C(=O)Cc2cccs2)C1(C)C. The minimum Gasteiger partial charge on any atom is -0.299 e. The van der Waals surface area contributed by atoms with Gasteiger partial charge in [-0.15, -0.1) is 11.3 Å². The summed E-state index contributed by atoms with van der Waals surface area (Å²) in [4.78, 5) is 13.3. The molecule has 0 radical (unpaired) electrons. The second-order valence-corrected chi connectivity index (χ2v) is 6.63. The van der Waals surface area contributed by atoms with Crippen LogP contribution < -0.4 is 0 Å². The van der Waals surface area contributed by atoms with Gasteiger partial charge in [-0.25, -0.2) is 0 Å². The highest BCUT2D eigenvalue weighted by Gasteiger charge is 2.67. The standard InChI is InChI=1S/C13H18OS/c1-12(2)11(13(12,3)4)10(14)8-9-6-5-7-15-9/h5-7,11H,8H2,1-4H3. The Labute approximate surface area is 95.5 Å². The van der Waals surface area contributed by atoms with Gasteiger partial charge in [0, 0.05) is 17.2 Å². The van der Waals surface area contributed by atoms with E-state index in [1.165, 1.54) is 4.88 Å². The van der Waals surface area contributed by atoms with Gasteiger partial charge < -0.3 is 0 Å². The van der Waals surface area contributed by atoms with Crippen LogP contribution in [0.3, 0.4) is 0 Å². The van der Waals surface area contributed by atoms with Crippen molar-refractivity contribution in [3.8, 4) is 0 Å². The summed E-state index contributed by atoms with van der Waals surface area (Å²) in [6.07, 6.45) is 0.620. The Hall–Kier alpha value is -0.630. The predicted molar refractivity (Wildman–Crippen MR) is 64.1 cm³/mol. The number of rotatable bonds is 3. The Morgan fingerprint density at radius 2 is 1.93 bits per heavy atom. The van der Waals surface area contributed by atoms with Gasteiger partial charge in [0.25, 0.3) is 0 Å². The minimum absolute atomic E-state index is 0.182. The second-order valence-electron chi connectivity index (χ2n) is 5.60. The number of ketones is 1. The van der Waals surface area contributed by atoms with Crippen LogP contribution in [-0.2, 0) is 11.2 Å². The average Bonchev–Trinajstić information content (AvgIpc) is 2.53. The number of Topliss-reactive ketones (excluding diaryl/α,β-unsaturated/α-hetero) is 1. The Morgan fingerprint density at radius 1 is 1.33 bits per heavy atom. The van der Waals surface area contributed by atoms with Crippen LogP contribution in [-0.4, -0.2) is 5.78 Å². The molecular weight excluding hydrogens is 204 g/mol. The maximum atomic E-state index is 12.1. The molecule has 0 aromatic carbocycles. The third-order valence-electron chi connectivity index (χ3n) is 4.27. The van der Waals surface area contributed by atoms with Crippen LogP contribution >= 0.6 is 11.3 Å². The molecule has 82 valence electrons. The molecule has 2 rings (SSSR count). The van der Waals surface area contributed by atoms with Crippen LogP contribution in [0.5, 0.6) is 0 Å². The fourth-order valence-corrected chi connectivity index (χ4v) is 3.40. The molecule has 0 bridgehead atoms. The Kier molecular flexibility index (Phi) is 2.30. The first-order chi connectivity index (χ1) is 6.87. The molecule has 1 aliphatic rings. The zero-order valence-corrected chi connectivity index (χ0v) is 10.6. The van der Waals surface area contributed by atoms with Crippen molar-refractivity contribution in [3.05, 3.63) is 22.4 Å². The lowest BCUT2D eigenvalue weighted by molar-refractivity contribution is -0.120. The summed E-state index contributed by atoms with van der Waals surface area (Å²) < 4.78 is 0. The smallest absolute Gasteiger partial charge is 0.142 e. The fraction of sp³-hybridized carbons (Fsp3) is 0.615. The van der Waals surface area contributed by atoms with Crippen LogP contribution in [0.4, 0.5) is 0 Å². The number of carbonyl (C=O) groups excluding carboxylic acids is 1. The van der Waals surface area contributed by atoms with Gasteiger partial charge in [0.05, 0.1) is 0 Å². The third kappa shape index (κ3) is 1.55. The lowest BCUT2D eigenvalue weighted by Crippen LogP contribution is -2.09. The molecule has 1 saturated carbocycles. The Bertz CT molecular complexity index is 359. The summed E-state index contributed by atoms with van der Waals surface area (Å²) in [6.45, 7) is 8.79. The molecule has 2 heteroatoms. The summed E-state index contributed by atoms with van der Waals surface area (Å²) in [6, 6.07) is 4.06.